The number of nitrogens with one attached hydrogen (secondary N) is 1. The highest BCUT2D eigenvalue weighted by Gasteiger charge is 2.38. The van der Waals surface area contributed by atoms with E-state index in [0.717, 1.165) is 63.3 Å². The lowest BCUT2D eigenvalue weighted by Crippen LogP contribution is -2.57. The minimum Gasteiger partial charge on any atom is -0.497 e. The van der Waals surface area contributed by atoms with Crippen LogP contribution >= 0.6 is 0 Å². The molecule has 0 bridgehead atoms. The molecule has 1 unspecified atom stereocenters. The fourth-order valence-electron chi connectivity index (χ4n) is 4.98. The number of benzene rings is 1. The van der Waals surface area contributed by atoms with Gasteiger partial charge in [-0.3, -0.25) is 14.5 Å². The van der Waals surface area contributed by atoms with Gasteiger partial charge in [0.2, 0.25) is 11.8 Å². The fraction of sp³-hybridized carbons (Fsp3) is 0.652. The van der Waals surface area contributed by atoms with Crippen molar-refractivity contribution in [2.45, 2.75) is 51.0 Å². The maximum absolute atomic E-state index is 13.3. The van der Waals surface area contributed by atoms with E-state index in [1.165, 1.54) is 19.3 Å². The van der Waals surface area contributed by atoms with Crippen molar-refractivity contribution in [1.82, 2.24) is 9.80 Å². The Kier molecular flexibility index (Phi) is 6.38. The lowest BCUT2D eigenvalue weighted by Gasteiger charge is -2.42. The first kappa shape index (κ1) is 20.2. The lowest BCUT2D eigenvalue weighted by atomic mass is 9.84. The minimum absolute atomic E-state index is 0.0841. The zero-order chi connectivity index (χ0) is 20.2. The number of methoxy groups -OCH3 is 1. The maximum Gasteiger partial charge on any atom is 0.242 e. The first-order valence-electron chi connectivity index (χ1n) is 11.1. The molecule has 1 aliphatic heterocycles. The van der Waals surface area contributed by atoms with Gasteiger partial charge in [-0.25, -0.2) is 0 Å². The molecule has 1 heterocycles. The monoisotopic (exact) mass is 399 g/mol. The summed E-state index contributed by atoms with van der Waals surface area (Å²) < 4.78 is 5.20. The summed E-state index contributed by atoms with van der Waals surface area (Å²) in [6, 6.07) is 7.39. The standard InChI is InChI=1S/C23H33N3O3/c1-29-20-11-9-19(10-12-20)24-22(27)21(17-5-2-3-6-17)25-13-15-26(16-14-25)23(28)18-7-4-8-18/h9-12,17-18,21H,2-8,13-16H2,1H3,(H,24,27). The van der Waals surface area contributed by atoms with Gasteiger partial charge in [-0.15, -0.1) is 0 Å². The molecule has 0 aromatic heterocycles. The summed E-state index contributed by atoms with van der Waals surface area (Å²) >= 11 is 0. The van der Waals surface area contributed by atoms with Crippen molar-refractivity contribution in [3.05, 3.63) is 24.3 Å². The number of carbonyl (C=O) groups is 2. The summed E-state index contributed by atoms with van der Waals surface area (Å²) in [5, 5.41) is 3.12. The van der Waals surface area contributed by atoms with Gasteiger partial charge in [-0.2, -0.15) is 0 Å². The Hall–Kier alpha value is -2.08. The Morgan fingerprint density at radius 3 is 2.17 bits per heavy atom. The second kappa shape index (κ2) is 9.16. The molecule has 29 heavy (non-hydrogen) atoms. The zero-order valence-electron chi connectivity index (χ0n) is 17.4. The van der Waals surface area contributed by atoms with Crippen LogP contribution < -0.4 is 10.1 Å². The number of nitrogens with zero attached hydrogens (tertiary/aromatic N) is 2. The normalized spacial score (nSPS) is 22.2. The van der Waals surface area contributed by atoms with Gasteiger partial charge in [-0.1, -0.05) is 19.3 Å². The molecular formula is C23H33N3O3. The number of hydrogen-bond acceptors (Lipinski definition) is 4. The van der Waals surface area contributed by atoms with Crippen molar-refractivity contribution in [1.29, 1.82) is 0 Å². The number of anilines is 1. The molecule has 158 valence electrons. The average molecular weight is 400 g/mol. The van der Waals surface area contributed by atoms with E-state index in [2.05, 4.69) is 10.2 Å². The van der Waals surface area contributed by atoms with E-state index in [0.29, 0.717) is 11.8 Å². The van der Waals surface area contributed by atoms with Crippen molar-refractivity contribution in [3.8, 4) is 5.75 Å². The third-order valence-corrected chi connectivity index (χ3v) is 6.95. The van der Waals surface area contributed by atoms with E-state index in [4.69, 9.17) is 4.74 Å². The van der Waals surface area contributed by atoms with Gasteiger partial charge in [0.05, 0.1) is 13.2 Å². The van der Waals surface area contributed by atoms with E-state index >= 15 is 0 Å². The largest absolute Gasteiger partial charge is 0.497 e. The van der Waals surface area contributed by atoms with Crippen LogP contribution in [0.5, 0.6) is 5.75 Å². The molecule has 0 spiro atoms. The van der Waals surface area contributed by atoms with Crippen LogP contribution in [-0.4, -0.2) is 60.9 Å². The number of carbonyl (C=O) groups excluding carboxylic acids is 2. The van der Waals surface area contributed by atoms with Crippen LogP contribution in [0.15, 0.2) is 24.3 Å². The van der Waals surface area contributed by atoms with Crippen LogP contribution in [0, 0.1) is 11.8 Å². The molecule has 6 nitrogen and oxygen atoms in total. The number of rotatable bonds is 6. The average Bonchev–Trinajstić information content (AvgIpc) is 3.22. The third-order valence-electron chi connectivity index (χ3n) is 6.95. The predicted molar refractivity (Wildman–Crippen MR) is 113 cm³/mol. The number of ether oxygens (including phenoxy) is 1. The summed E-state index contributed by atoms with van der Waals surface area (Å²) in [6.07, 6.45) is 7.92. The topological polar surface area (TPSA) is 61.9 Å². The van der Waals surface area contributed by atoms with Crippen LogP contribution in [-0.2, 0) is 9.59 Å². The van der Waals surface area contributed by atoms with Crippen LogP contribution in [0.25, 0.3) is 0 Å². The molecule has 1 aromatic carbocycles. The Morgan fingerprint density at radius 2 is 1.62 bits per heavy atom. The van der Waals surface area contributed by atoms with E-state index in [1.54, 1.807) is 7.11 Å². The smallest absolute Gasteiger partial charge is 0.242 e. The van der Waals surface area contributed by atoms with Crippen LogP contribution in [0.1, 0.15) is 44.9 Å². The minimum atomic E-state index is -0.111. The predicted octanol–water partition coefficient (Wildman–Crippen LogP) is 3.14. The molecule has 0 radical (unpaired) electrons. The quantitative estimate of drug-likeness (QED) is 0.798. The summed E-state index contributed by atoms with van der Waals surface area (Å²) in [5.74, 6) is 1.85. The summed E-state index contributed by atoms with van der Waals surface area (Å²) in [5.41, 5.74) is 0.803. The first-order chi connectivity index (χ1) is 14.2. The fourth-order valence-corrected chi connectivity index (χ4v) is 4.98. The van der Waals surface area contributed by atoms with Crippen molar-refractivity contribution >= 4 is 17.5 Å². The van der Waals surface area contributed by atoms with Crippen molar-refractivity contribution in [2.24, 2.45) is 11.8 Å². The van der Waals surface area contributed by atoms with Gasteiger partial charge in [0.1, 0.15) is 5.75 Å². The van der Waals surface area contributed by atoms with Crippen molar-refractivity contribution in [3.63, 3.8) is 0 Å². The molecular weight excluding hydrogens is 366 g/mol. The molecule has 1 aromatic rings. The first-order valence-corrected chi connectivity index (χ1v) is 11.1. The molecule has 1 saturated heterocycles. The molecule has 3 aliphatic rings. The third kappa shape index (κ3) is 4.58. The van der Waals surface area contributed by atoms with E-state index in [-0.39, 0.29) is 17.9 Å². The highest BCUT2D eigenvalue weighted by Crippen LogP contribution is 2.33. The molecule has 1 N–H and O–H groups in total. The molecule has 2 saturated carbocycles. The second-order valence-corrected chi connectivity index (χ2v) is 8.70. The Balaban J connectivity index is 1.40. The summed E-state index contributed by atoms with van der Waals surface area (Å²) in [4.78, 5) is 30.2. The second-order valence-electron chi connectivity index (χ2n) is 8.70. The number of amides is 2. The summed E-state index contributed by atoms with van der Waals surface area (Å²) in [7, 11) is 1.64. The Morgan fingerprint density at radius 1 is 0.966 bits per heavy atom. The van der Waals surface area contributed by atoms with Gasteiger partial charge in [0, 0.05) is 37.8 Å². The number of piperazine rings is 1. The molecule has 6 heteroatoms. The van der Waals surface area contributed by atoms with Gasteiger partial charge >= 0.3 is 0 Å². The van der Waals surface area contributed by atoms with E-state index < -0.39 is 0 Å². The highest BCUT2D eigenvalue weighted by molar-refractivity contribution is 5.95. The molecule has 4 rings (SSSR count). The van der Waals surface area contributed by atoms with E-state index in [9.17, 15) is 9.59 Å². The highest BCUT2D eigenvalue weighted by atomic mass is 16.5. The van der Waals surface area contributed by atoms with Gasteiger partial charge in [0.25, 0.3) is 0 Å². The van der Waals surface area contributed by atoms with Crippen molar-refractivity contribution < 1.29 is 14.3 Å². The Bertz CT molecular complexity index is 703. The molecule has 2 amide bonds. The zero-order valence-corrected chi connectivity index (χ0v) is 17.4. The van der Waals surface area contributed by atoms with Gasteiger partial charge in [0.15, 0.2) is 0 Å². The molecule has 1 atom stereocenters. The van der Waals surface area contributed by atoms with Gasteiger partial charge in [-0.05, 0) is 55.9 Å². The van der Waals surface area contributed by atoms with Gasteiger partial charge < -0.3 is 15.0 Å². The number of hydrogen-bond donors (Lipinski definition) is 1. The Labute approximate surface area is 173 Å². The maximum atomic E-state index is 13.3. The van der Waals surface area contributed by atoms with Crippen LogP contribution in [0.4, 0.5) is 5.69 Å². The van der Waals surface area contributed by atoms with Crippen LogP contribution in [0.2, 0.25) is 0 Å². The lowest BCUT2D eigenvalue weighted by molar-refractivity contribution is -0.140. The molecule has 3 fully saturated rings. The van der Waals surface area contributed by atoms with Crippen LogP contribution in [0.3, 0.4) is 0 Å². The summed E-state index contributed by atoms with van der Waals surface area (Å²) in [6.45, 7) is 3.06. The SMILES string of the molecule is COc1ccc(NC(=O)C(C2CCCC2)N2CCN(C(=O)C3CCC3)CC2)cc1. The molecule has 2 aliphatic carbocycles. The van der Waals surface area contributed by atoms with E-state index in [1.807, 2.05) is 29.2 Å². The van der Waals surface area contributed by atoms with Crippen molar-refractivity contribution in [2.75, 3.05) is 38.6 Å².